The summed E-state index contributed by atoms with van der Waals surface area (Å²) in [6, 6.07) is 3.50. The summed E-state index contributed by atoms with van der Waals surface area (Å²) in [6.07, 6.45) is 7.62. The molecule has 0 radical (unpaired) electrons. The Hall–Kier alpha value is -1.96. The van der Waals surface area contributed by atoms with E-state index in [4.69, 9.17) is 0 Å². The van der Waals surface area contributed by atoms with Gasteiger partial charge in [0, 0.05) is 5.22 Å². The molecule has 0 atom stereocenters. The van der Waals surface area contributed by atoms with Crippen molar-refractivity contribution in [2.45, 2.75) is 13.8 Å². The van der Waals surface area contributed by atoms with Crippen LogP contribution in [0.2, 0.25) is 0 Å². The molecule has 0 aliphatic carbocycles. The largest absolute Gasteiger partial charge is 0.296 e. The number of allylic oxidation sites excluding steroid dienone is 2. The minimum Gasteiger partial charge on any atom is -0.296 e. The molecule has 0 aliphatic rings. The number of rotatable bonds is 3. The quantitative estimate of drug-likeness (QED) is 0.720. The topological polar surface area (TPSA) is 30.0 Å². The lowest BCUT2D eigenvalue weighted by Gasteiger charge is -1.91. The van der Waals surface area contributed by atoms with Crippen molar-refractivity contribution in [1.82, 2.24) is 4.98 Å². The van der Waals surface area contributed by atoms with Crippen molar-refractivity contribution in [2.75, 3.05) is 0 Å². The van der Waals surface area contributed by atoms with E-state index in [0.717, 1.165) is 16.9 Å². The second-order valence-electron chi connectivity index (χ2n) is 2.63. The van der Waals surface area contributed by atoms with Gasteiger partial charge in [-0.25, -0.2) is 4.98 Å². The van der Waals surface area contributed by atoms with Crippen molar-refractivity contribution in [1.29, 1.82) is 0 Å². The van der Waals surface area contributed by atoms with Crippen molar-refractivity contribution in [3.8, 4) is 0 Å². The number of hydrogen-bond acceptors (Lipinski definition) is 2. The average Bonchev–Trinajstić information content (AvgIpc) is 2.34. The smallest absolute Gasteiger partial charge is 0.168 e. The molecule has 0 fully saturated rings. The molecule has 1 aromatic heterocycles. The summed E-state index contributed by atoms with van der Waals surface area (Å²) in [5.41, 5.74) is 0.416. The number of carbonyl (C=O) groups is 1. The molecule has 0 unspecified atom stereocenters. The zero-order valence-corrected chi connectivity index (χ0v) is 9.81. The lowest BCUT2D eigenvalue weighted by molar-refractivity contribution is 0.111. The summed E-state index contributed by atoms with van der Waals surface area (Å²) in [5, 5.41) is 1.65. The number of nitrogens with zero attached hydrogens (tertiary/aromatic N) is 1. The average molecular weight is 215 g/mol. The summed E-state index contributed by atoms with van der Waals surface area (Å²) in [4.78, 5) is 14.6. The first-order chi connectivity index (χ1) is 7.81. The first kappa shape index (κ1) is 14.0. The molecule has 1 aromatic rings. The molecular weight excluding hydrogens is 198 g/mol. The van der Waals surface area contributed by atoms with Crippen molar-refractivity contribution in [2.24, 2.45) is 0 Å². The maximum atomic E-state index is 10.5. The number of hydrogen-bond donors (Lipinski definition) is 0. The van der Waals surface area contributed by atoms with E-state index in [-0.39, 0.29) is 0 Å². The molecule has 2 nitrogen and oxygen atoms in total. The Morgan fingerprint density at radius 1 is 1.12 bits per heavy atom. The van der Waals surface area contributed by atoms with Crippen LogP contribution < -0.4 is 10.6 Å². The van der Waals surface area contributed by atoms with Crippen LogP contribution in [0.3, 0.4) is 0 Å². The Bertz CT molecular complexity index is 472. The number of pyridine rings is 1. The summed E-state index contributed by atoms with van der Waals surface area (Å²) >= 11 is 0. The van der Waals surface area contributed by atoms with Gasteiger partial charge in [0.2, 0.25) is 0 Å². The van der Waals surface area contributed by atoms with E-state index in [1.807, 2.05) is 26.0 Å². The van der Waals surface area contributed by atoms with Crippen LogP contribution in [0.15, 0.2) is 37.4 Å². The fourth-order valence-corrected chi connectivity index (χ4v) is 1.08. The summed E-state index contributed by atoms with van der Waals surface area (Å²) in [6.45, 7) is 11.2. The zero-order valence-electron chi connectivity index (χ0n) is 9.81. The van der Waals surface area contributed by atoms with Crippen LogP contribution in [0.25, 0.3) is 12.2 Å². The highest BCUT2D eigenvalue weighted by Crippen LogP contribution is 1.80. The van der Waals surface area contributed by atoms with E-state index in [9.17, 15) is 4.79 Å². The van der Waals surface area contributed by atoms with Crippen LogP contribution in [-0.4, -0.2) is 11.3 Å². The molecule has 0 N–H and O–H groups in total. The maximum absolute atomic E-state index is 10.5. The van der Waals surface area contributed by atoms with Gasteiger partial charge >= 0.3 is 0 Å². The van der Waals surface area contributed by atoms with E-state index in [1.54, 1.807) is 24.3 Å². The van der Waals surface area contributed by atoms with E-state index in [2.05, 4.69) is 18.1 Å². The normalized spacial score (nSPS) is 11.4. The highest BCUT2D eigenvalue weighted by Gasteiger charge is 1.90. The first-order valence-corrected chi connectivity index (χ1v) is 5.19. The van der Waals surface area contributed by atoms with Crippen LogP contribution in [0, 0.1) is 0 Å². The SMILES string of the molecule is C=C/C=c1/ccc(C=O)n/c1=C/C=C.CC. The standard InChI is InChI=1S/C12H11NO.C2H6/c1-3-5-10-7-8-11(9-14)13-12(10)6-4-2;1-2/h3-9H,1-2H2;1-2H3/b10-5-,12-6+;. The Labute approximate surface area is 96.3 Å². The number of aromatic nitrogens is 1. The lowest BCUT2D eigenvalue weighted by Crippen LogP contribution is -2.28. The highest BCUT2D eigenvalue weighted by atomic mass is 16.1. The van der Waals surface area contributed by atoms with Gasteiger partial charge in [0.25, 0.3) is 0 Å². The van der Waals surface area contributed by atoms with Crippen molar-refractivity contribution in [3.63, 3.8) is 0 Å². The Morgan fingerprint density at radius 3 is 2.25 bits per heavy atom. The van der Waals surface area contributed by atoms with Crippen LogP contribution in [0.5, 0.6) is 0 Å². The minimum absolute atomic E-state index is 0.416. The Kier molecular flexibility index (Phi) is 7.33. The molecule has 0 saturated carbocycles. The molecule has 0 aliphatic heterocycles. The van der Waals surface area contributed by atoms with Gasteiger partial charge in [-0.3, -0.25) is 4.79 Å². The molecule has 0 amide bonds. The molecular formula is C14H17NO. The van der Waals surface area contributed by atoms with E-state index in [1.165, 1.54) is 0 Å². The molecule has 2 heteroatoms. The lowest BCUT2D eigenvalue weighted by atomic mass is 10.2. The van der Waals surface area contributed by atoms with Gasteiger partial charge in [0.15, 0.2) is 6.29 Å². The van der Waals surface area contributed by atoms with Gasteiger partial charge in [-0.15, -0.1) is 0 Å². The monoisotopic (exact) mass is 215 g/mol. The Morgan fingerprint density at radius 2 is 1.75 bits per heavy atom. The van der Waals surface area contributed by atoms with Crippen LogP contribution in [0.4, 0.5) is 0 Å². The van der Waals surface area contributed by atoms with Gasteiger partial charge in [0.1, 0.15) is 5.69 Å². The second-order valence-corrected chi connectivity index (χ2v) is 2.63. The molecule has 0 bridgehead atoms. The van der Waals surface area contributed by atoms with Crippen molar-refractivity contribution < 1.29 is 4.79 Å². The van der Waals surface area contributed by atoms with Gasteiger partial charge in [-0.2, -0.15) is 0 Å². The summed E-state index contributed by atoms with van der Waals surface area (Å²) in [7, 11) is 0. The van der Waals surface area contributed by atoms with Gasteiger partial charge < -0.3 is 0 Å². The van der Waals surface area contributed by atoms with Crippen LogP contribution in [0.1, 0.15) is 24.3 Å². The zero-order chi connectivity index (χ0) is 12.4. The van der Waals surface area contributed by atoms with Crippen molar-refractivity contribution >= 4 is 18.4 Å². The number of carbonyl (C=O) groups excluding carboxylic acids is 1. The minimum atomic E-state index is 0.416. The fourth-order valence-electron chi connectivity index (χ4n) is 1.08. The second kappa shape index (κ2) is 8.36. The predicted octanol–water partition coefficient (Wildman–Crippen LogP) is 1.85. The molecule has 1 heterocycles. The van der Waals surface area contributed by atoms with Gasteiger partial charge in [0.05, 0.1) is 5.35 Å². The Balaban J connectivity index is 0.00000106. The third-order valence-corrected chi connectivity index (χ3v) is 1.67. The summed E-state index contributed by atoms with van der Waals surface area (Å²) in [5.74, 6) is 0. The fraction of sp³-hybridized carbons (Fsp3) is 0.143. The third-order valence-electron chi connectivity index (χ3n) is 1.67. The maximum Gasteiger partial charge on any atom is 0.168 e. The molecule has 84 valence electrons. The molecule has 1 rings (SSSR count). The molecule has 16 heavy (non-hydrogen) atoms. The van der Waals surface area contributed by atoms with Crippen LogP contribution in [-0.2, 0) is 0 Å². The van der Waals surface area contributed by atoms with E-state index >= 15 is 0 Å². The highest BCUT2D eigenvalue weighted by molar-refractivity contribution is 5.71. The molecule has 0 aromatic carbocycles. The third kappa shape index (κ3) is 4.05. The van der Waals surface area contributed by atoms with Crippen LogP contribution >= 0.6 is 0 Å². The number of aldehydes is 1. The van der Waals surface area contributed by atoms with E-state index < -0.39 is 0 Å². The van der Waals surface area contributed by atoms with E-state index in [0.29, 0.717) is 5.69 Å². The molecule has 0 spiro atoms. The van der Waals surface area contributed by atoms with Crippen molar-refractivity contribution in [3.05, 3.63) is 53.7 Å². The first-order valence-electron chi connectivity index (χ1n) is 5.19. The van der Waals surface area contributed by atoms with Gasteiger partial charge in [-0.05, 0) is 12.1 Å². The van der Waals surface area contributed by atoms with Gasteiger partial charge in [-0.1, -0.05) is 51.3 Å². The molecule has 0 saturated heterocycles. The summed E-state index contributed by atoms with van der Waals surface area (Å²) < 4.78 is 0. The predicted molar refractivity (Wildman–Crippen MR) is 69.5 cm³/mol.